The first-order chi connectivity index (χ1) is 6.88. The van der Waals surface area contributed by atoms with Gasteiger partial charge < -0.3 is 9.84 Å². The van der Waals surface area contributed by atoms with Crippen LogP contribution in [0.15, 0.2) is 0 Å². The maximum atomic E-state index is 11.9. The van der Waals surface area contributed by atoms with Crippen LogP contribution in [0, 0.1) is 0 Å². The highest BCUT2D eigenvalue weighted by Gasteiger charge is 2.49. The number of aliphatic hydroxyl groups is 1. The largest absolute Gasteiger partial charge is 0.444 e. The van der Waals surface area contributed by atoms with Crippen LogP contribution in [0.5, 0.6) is 0 Å². The van der Waals surface area contributed by atoms with E-state index in [1.165, 1.54) is 0 Å². The van der Waals surface area contributed by atoms with E-state index in [9.17, 15) is 9.90 Å². The standard InChI is InChI=1S/C11H19NO3/c1-11(2,3)15-10(14)12-7-4-5-8(12)9(13)6-7/h7-9,13H,4-6H2,1-3H3/t7-,8+,9?/m1/s1. The molecule has 2 aliphatic rings. The molecule has 2 fully saturated rings. The van der Waals surface area contributed by atoms with E-state index in [4.69, 9.17) is 4.74 Å². The molecule has 1 N–H and O–H groups in total. The Morgan fingerprint density at radius 1 is 1.40 bits per heavy atom. The fourth-order valence-electron chi connectivity index (χ4n) is 2.56. The second-order valence-corrected chi connectivity index (χ2v) is 5.49. The molecular formula is C11H19NO3. The van der Waals surface area contributed by atoms with E-state index in [2.05, 4.69) is 0 Å². The van der Waals surface area contributed by atoms with Crippen molar-refractivity contribution in [3.8, 4) is 0 Å². The smallest absolute Gasteiger partial charge is 0.410 e. The van der Waals surface area contributed by atoms with Gasteiger partial charge in [-0.1, -0.05) is 0 Å². The summed E-state index contributed by atoms with van der Waals surface area (Å²) in [7, 11) is 0. The number of hydrogen-bond donors (Lipinski definition) is 1. The van der Waals surface area contributed by atoms with Crippen molar-refractivity contribution in [2.75, 3.05) is 0 Å². The van der Waals surface area contributed by atoms with Gasteiger partial charge in [0.1, 0.15) is 5.60 Å². The lowest BCUT2D eigenvalue weighted by atomic mass is 9.98. The fraction of sp³-hybridized carbons (Fsp3) is 0.909. The molecule has 1 amide bonds. The Kier molecular flexibility index (Phi) is 2.41. The summed E-state index contributed by atoms with van der Waals surface area (Å²) in [4.78, 5) is 13.6. The zero-order valence-corrected chi connectivity index (χ0v) is 9.56. The summed E-state index contributed by atoms with van der Waals surface area (Å²) >= 11 is 0. The molecule has 2 aliphatic heterocycles. The number of amides is 1. The van der Waals surface area contributed by atoms with Gasteiger partial charge in [-0.3, -0.25) is 4.90 Å². The Labute approximate surface area is 90.2 Å². The molecule has 0 saturated carbocycles. The maximum Gasteiger partial charge on any atom is 0.410 e. The molecule has 2 rings (SSSR count). The molecule has 3 atom stereocenters. The van der Waals surface area contributed by atoms with Gasteiger partial charge in [0.15, 0.2) is 0 Å². The van der Waals surface area contributed by atoms with Crippen LogP contribution >= 0.6 is 0 Å². The Morgan fingerprint density at radius 2 is 2.07 bits per heavy atom. The molecule has 4 heteroatoms. The summed E-state index contributed by atoms with van der Waals surface area (Å²) in [6, 6.07) is 0.185. The molecule has 86 valence electrons. The third-order valence-corrected chi connectivity index (χ3v) is 3.11. The second kappa shape index (κ2) is 3.37. The van der Waals surface area contributed by atoms with Crippen LogP contribution in [-0.4, -0.2) is 39.9 Å². The molecule has 0 aliphatic carbocycles. The topological polar surface area (TPSA) is 49.8 Å². The highest BCUT2D eigenvalue weighted by atomic mass is 16.6. The minimum atomic E-state index is -0.454. The van der Waals surface area contributed by atoms with Gasteiger partial charge in [-0.05, 0) is 40.0 Å². The molecule has 0 spiro atoms. The molecule has 2 heterocycles. The third-order valence-electron chi connectivity index (χ3n) is 3.11. The quantitative estimate of drug-likeness (QED) is 0.663. The van der Waals surface area contributed by atoms with E-state index in [0.717, 1.165) is 12.8 Å². The van der Waals surface area contributed by atoms with Gasteiger partial charge in [-0.25, -0.2) is 4.79 Å². The lowest BCUT2D eigenvalue weighted by Gasteiger charge is -2.27. The number of fused-ring (bicyclic) bond motifs is 2. The number of rotatable bonds is 0. The van der Waals surface area contributed by atoms with Gasteiger partial charge in [-0.2, -0.15) is 0 Å². The molecular weight excluding hydrogens is 194 g/mol. The maximum absolute atomic E-state index is 11.9. The first kappa shape index (κ1) is 10.7. The third kappa shape index (κ3) is 1.95. The summed E-state index contributed by atoms with van der Waals surface area (Å²) in [6.45, 7) is 5.58. The monoisotopic (exact) mass is 213 g/mol. The molecule has 15 heavy (non-hydrogen) atoms. The van der Waals surface area contributed by atoms with Crippen LogP contribution in [0.1, 0.15) is 40.0 Å². The predicted molar refractivity (Wildman–Crippen MR) is 55.5 cm³/mol. The van der Waals surface area contributed by atoms with Crippen molar-refractivity contribution in [3.63, 3.8) is 0 Å². The van der Waals surface area contributed by atoms with Gasteiger partial charge in [-0.15, -0.1) is 0 Å². The summed E-state index contributed by atoms with van der Waals surface area (Å²) < 4.78 is 5.33. The molecule has 0 aromatic heterocycles. The second-order valence-electron chi connectivity index (χ2n) is 5.49. The molecule has 1 unspecified atom stereocenters. The Morgan fingerprint density at radius 3 is 2.47 bits per heavy atom. The van der Waals surface area contributed by atoms with Crippen molar-refractivity contribution in [1.82, 2.24) is 4.90 Å². The summed E-state index contributed by atoms with van der Waals surface area (Å²) in [6.07, 6.45) is 2.00. The van der Waals surface area contributed by atoms with E-state index in [1.54, 1.807) is 4.90 Å². The molecule has 2 bridgehead atoms. The fourth-order valence-corrected chi connectivity index (χ4v) is 2.56. The lowest BCUT2D eigenvalue weighted by Crippen LogP contribution is -2.41. The average molecular weight is 213 g/mol. The van der Waals surface area contributed by atoms with Crippen LogP contribution < -0.4 is 0 Å². The molecule has 0 aromatic carbocycles. The minimum absolute atomic E-state index is 0.00940. The number of carbonyl (C=O) groups is 1. The number of nitrogens with zero attached hydrogens (tertiary/aromatic N) is 1. The summed E-state index contributed by atoms with van der Waals surface area (Å²) in [5.74, 6) is 0. The molecule has 2 saturated heterocycles. The Bertz CT molecular complexity index is 271. The zero-order valence-electron chi connectivity index (χ0n) is 9.56. The number of aliphatic hydroxyl groups excluding tert-OH is 1. The first-order valence-electron chi connectivity index (χ1n) is 5.58. The normalized spacial score (nSPS) is 34.7. The van der Waals surface area contributed by atoms with Gasteiger partial charge >= 0.3 is 6.09 Å². The van der Waals surface area contributed by atoms with Crippen molar-refractivity contribution in [3.05, 3.63) is 0 Å². The Balaban J connectivity index is 2.03. The van der Waals surface area contributed by atoms with Crippen molar-refractivity contribution in [2.45, 2.75) is 63.8 Å². The molecule has 0 radical (unpaired) electrons. The lowest BCUT2D eigenvalue weighted by molar-refractivity contribution is 0.0170. The summed E-state index contributed by atoms with van der Waals surface area (Å²) in [5.41, 5.74) is -0.454. The van der Waals surface area contributed by atoms with E-state index >= 15 is 0 Å². The van der Waals surface area contributed by atoms with Crippen LogP contribution in [0.4, 0.5) is 4.79 Å². The zero-order chi connectivity index (χ0) is 11.2. The van der Waals surface area contributed by atoms with Crippen molar-refractivity contribution in [2.24, 2.45) is 0 Å². The molecule has 0 aromatic rings. The van der Waals surface area contributed by atoms with Crippen molar-refractivity contribution in [1.29, 1.82) is 0 Å². The van der Waals surface area contributed by atoms with E-state index in [1.807, 2.05) is 20.8 Å². The van der Waals surface area contributed by atoms with Gasteiger partial charge in [0.2, 0.25) is 0 Å². The van der Waals surface area contributed by atoms with Crippen LogP contribution in [-0.2, 0) is 4.74 Å². The van der Waals surface area contributed by atoms with Crippen molar-refractivity contribution < 1.29 is 14.6 Å². The first-order valence-corrected chi connectivity index (χ1v) is 5.58. The minimum Gasteiger partial charge on any atom is -0.444 e. The number of carbonyl (C=O) groups excluding carboxylic acids is 1. The van der Waals surface area contributed by atoms with Crippen molar-refractivity contribution >= 4 is 6.09 Å². The predicted octanol–water partition coefficient (Wildman–Crippen LogP) is 1.52. The average Bonchev–Trinajstić information content (AvgIpc) is 2.55. The van der Waals surface area contributed by atoms with Gasteiger partial charge in [0.25, 0.3) is 0 Å². The SMILES string of the molecule is CC(C)(C)OC(=O)N1[C@@H]2CC[C@H]1C(O)C2. The van der Waals surface area contributed by atoms with E-state index in [-0.39, 0.29) is 24.3 Å². The molecule has 4 nitrogen and oxygen atoms in total. The highest BCUT2D eigenvalue weighted by molar-refractivity contribution is 5.70. The highest BCUT2D eigenvalue weighted by Crippen LogP contribution is 2.38. The van der Waals surface area contributed by atoms with Gasteiger partial charge in [0, 0.05) is 6.04 Å². The Hall–Kier alpha value is -0.770. The summed E-state index contributed by atoms with van der Waals surface area (Å²) in [5, 5.41) is 9.69. The number of hydrogen-bond acceptors (Lipinski definition) is 3. The van der Waals surface area contributed by atoms with Crippen LogP contribution in [0.3, 0.4) is 0 Å². The van der Waals surface area contributed by atoms with Crippen LogP contribution in [0.25, 0.3) is 0 Å². The number of ether oxygens (including phenoxy) is 1. The van der Waals surface area contributed by atoms with Crippen LogP contribution in [0.2, 0.25) is 0 Å². The van der Waals surface area contributed by atoms with E-state index in [0.29, 0.717) is 6.42 Å². The van der Waals surface area contributed by atoms with Gasteiger partial charge in [0.05, 0.1) is 12.1 Å². The van der Waals surface area contributed by atoms with E-state index < -0.39 is 5.60 Å².